The van der Waals surface area contributed by atoms with E-state index in [1.54, 1.807) is 80.6 Å². The summed E-state index contributed by atoms with van der Waals surface area (Å²) in [5.41, 5.74) is 24.8. The zero-order chi connectivity index (χ0) is 77.8. The number of ether oxygens (including phenoxy) is 7. The van der Waals surface area contributed by atoms with Crippen LogP contribution in [0.2, 0.25) is 0 Å². The highest BCUT2D eigenvalue weighted by Gasteiger charge is 2.23. The SMILES string of the molecule is Cn1ncc2c(-c3ccn4nc(N)nc4c3)cc(C(=O)NCc3cc(F)ccc3OC3CCOCC3)cc21.Cn1ncc2c(-c3ccn4nc(N)nc4c3)cc(C(=O)O)cc21.N#Cc1cc(F)ccc1F.N#Cc1cc(F)ccc1OC1CCOCC1.NCc1cc(F)ccc1OC1CCOCC1.OC1CCOCC1. The Hall–Kier alpha value is -12.2. The lowest BCUT2D eigenvalue weighted by atomic mass is 9.99. The third-order valence-corrected chi connectivity index (χ3v) is 18.0. The first-order valence-electron chi connectivity index (χ1n) is 35.2. The summed E-state index contributed by atoms with van der Waals surface area (Å²) in [4.78, 5) is 33.1. The average molecular weight is 1510 g/mol. The van der Waals surface area contributed by atoms with Gasteiger partial charge in [0.05, 0.1) is 85.9 Å². The first kappa shape index (κ1) is 78.9. The number of hydrogen-bond donors (Lipinski definition) is 6. The average Bonchev–Trinajstić information content (AvgIpc) is 1.60. The summed E-state index contributed by atoms with van der Waals surface area (Å²) in [5, 5.41) is 56.7. The maximum Gasteiger partial charge on any atom is 0.335 e. The molecule has 4 fully saturated rings. The zero-order valence-electron chi connectivity index (χ0n) is 60.0. The number of nitrogens with two attached hydrogens (primary N) is 3. The molecule has 4 aliphatic rings. The van der Waals surface area contributed by atoms with Crippen LogP contribution in [0, 0.1) is 51.7 Å². The summed E-state index contributed by atoms with van der Waals surface area (Å²) in [5.74, 6) is -1.60. The summed E-state index contributed by atoms with van der Waals surface area (Å²) in [6, 6.07) is 33.3. The highest BCUT2D eigenvalue weighted by Crippen LogP contribution is 2.34. The molecule has 27 nitrogen and oxygen atoms in total. The van der Waals surface area contributed by atoms with Gasteiger partial charge in [-0.15, -0.1) is 10.2 Å². The van der Waals surface area contributed by atoms with Crippen molar-refractivity contribution in [2.24, 2.45) is 19.8 Å². The fraction of sp³-hybridized carbons (Fsp3) is 0.308. The van der Waals surface area contributed by atoms with E-state index in [9.17, 15) is 36.6 Å². The molecule has 0 unspecified atom stereocenters. The number of anilines is 2. The Bertz CT molecular complexity index is 5270. The molecule has 1 amide bonds. The molecule has 9 N–H and O–H groups in total. The number of nitrogen functional groups attached to an aromatic ring is 2. The van der Waals surface area contributed by atoms with Crippen LogP contribution in [0.4, 0.5) is 33.8 Å². The molecule has 572 valence electrons. The molecule has 110 heavy (non-hydrogen) atoms. The number of carboxylic acids is 1. The van der Waals surface area contributed by atoms with Crippen LogP contribution in [0.5, 0.6) is 17.2 Å². The lowest BCUT2D eigenvalue weighted by Gasteiger charge is -2.24. The minimum atomic E-state index is -0.984. The van der Waals surface area contributed by atoms with Gasteiger partial charge in [-0.2, -0.15) is 30.7 Å². The number of aliphatic hydroxyl groups excluding tert-OH is 1. The minimum absolute atomic E-state index is 0.00330. The number of hydrogen-bond acceptors (Lipinski definition) is 21. The number of carbonyl (C=O) groups excluding carboxylic acids is 1. The molecule has 0 bridgehead atoms. The largest absolute Gasteiger partial charge is 0.490 e. The molecule has 16 rings (SSSR count). The quantitative estimate of drug-likeness (QED) is 0.0584. The summed E-state index contributed by atoms with van der Waals surface area (Å²) in [7, 11) is 3.60. The second kappa shape index (κ2) is 37.6. The fourth-order valence-electron chi connectivity index (χ4n) is 12.1. The zero-order valence-corrected chi connectivity index (χ0v) is 60.0. The first-order chi connectivity index (χ1) is 53.2. The Morgan fingerprint density at radius 3 is 1.39 bits per heavy atom. The van der Waals surface area contributed by atoms with Crippen LogP contribution in [0.1, 0.15) is 94.3 Å². The van der Waals surface area contributed by atoms with Crippen molar-refractivity contribution in [2.75, 3.05) is 64.3 Å². The van der Waals surface area contributed by atoms with Gasteiger partial charge in [-0.3, -0.25) is 14.2 Å². The number of nitrogens with zero attached hydrogens (tertiary/aromatic N) is 12. The van der Waals surface area contributed by atoms with E-state index in [0.29, 0.717) is 71.7 Å². The number of aryl methyl sites for hydroxylation is 2. The van der Waals surface area contributed by atoms with Crippen molar-refractivity contribution in [1.82, 2.24) is 54.1 Å². The molecule has 4 saturated heterocycles. The van der Waals surface area contributed by atoms with E-state index < -0.39 is 29.2 Å². The molecule has 0 aliphatic carbocycles. The predicted octanol–water partition coefficient (Wildman–Crippen LogP) is 11.1. The standard InChI is InChI=1S/C27H26FN7O3.C15H12N6O2.C12H16FNO2.C12H12FNO2.C7H3F2N.C5H10O2/c1-34-23-12-17(11-21(22(23)15-31-34)16-4-7-35-25(13-16)32-27(29)33-35)26(36)30-14-18-10-19(28)2-3-24(18)38-20-5-8-37-9-6-20;1-20-12-5-9(14(22)23)4-10(11(12)7-17-20)8-2-3-21-13(6-8)18-15(16)19-21;2*13-10-1-2-12(9(7-10)8-14)16-11-3-5-15-6-4-11;8-6-1-2-7(9)5(3-6)4-10;6-5-1-3-7-4-2-5/h2-4,7,10-13,15,20H,5-6,8-9,14H2,1H3,(H2,29,33)(H,30,36);2-7H,1H3,(H2,16,19)(H,22,23);1-2,7,11H,3-6,8,14H2;1-2,7,11H,3-6H2;1-3H;5-6H,1-4H2. The molecule has 6 aromatic heterocycles. The molecule has 0 radical (unpaired) electrons. The number of nitriles is 2. The summed E-state index contributed by atoms with van der Waals surface area (Å²) in [6.45, 7) is 5.94. The second-order valence-corrected chi connectivity index (χ2v) is 25.6. The predicted molar refractivity (Wildman–Crippen MR) is 395 cm³/mol. The van der Waals surface area contributed by atoms with Gasteiger partial charge in [-0.05, 0) is 156 Å². The number of fused-ring (bicyclic) bond motifs is 4. The van der Waals surface area contributed by atoms with Crippen LogP contribution in [0.3, 0.4) is 0 Å². The fourth-order valence-corrected chi connectivity index (χ4v) is 12.1. The number of amides is 1. The molecule has 4 aliphatic heterocycles. The topological polar surface area (TPSA) is 373 Å². The van der Waals surface area contributed by atoms with Crippen LogP contribution in [-0.2, 0) is 46.1 Å². The number of aliphatic hydroxyl groups is 1. The summed E-state index contributed by atoms with van der Waals surface area (Å²) < 4.78 is 110. The Labute approximate surface area is 627 Å². The number of aromatic nitrogens is 10. The molecule has 0 atom stereocenters. The van der Waals surface area contributed by atoms with Crippen LogP contribution >= 0.6 is 0 Å². The smallest absolute Gasteiger partial charge is 0.335 e. The Kier molecular flexibility index (Phi) is 26.9. The molecule has 32 heteroatoms. The Morgan fingerprint density at radius 1 is 0.536 bits per heavy atom. The van der Waals surface area contributed by atoms with Crippen LogP contribution in [-0.4, -0.2) is 148 Å². The van der Waals surface area contributed by atoms with Gasteiger partial charge in [0.25, 0.3) is 5.91 Å². The van der Waals surface area contributed by atoms with Crippen molar-refractivity contribution in [3.8, 4) is 51.6 Å². The Balaban J connectivity index is 0.000000143. The van der Waals surface area contributed by atoms with E-state index in [-0.39, 0.29) is 77.8 Å². The third kappa shape index (κ3) is 20.9. The summed E-state index contributed by atoms with van der Waals surface area (Å²) >= 11 is 0. The number of rotatable bonds is 13. The molecule has 6 aromatic carbocycles. The van der Waals surface area contributed by atoms with Gasteiger partial charge >= 0.3 is 5.97 Å². The van der Waals surface area contributed by atoms with Crippen molar-refractivity contribution in [2.45, 2.75) is 88.9 Å². The molecule has 0 spiro atoms. The van der Waals surface area contributed by atoms with E-state index in [1.165, 1.54) is 48.5 Å². The van der Waals surface area contributed by atoms with Crippen LogP contribution in [0.25, 0.3) is 55.4 Å². The normalized spacial score (nSPS) is 14.7. The van der Waals surface area contributed by atoms with Gasteiger partial charge in [0.2, 0.25) is 11.9 Å². The molecular weight excluding hydrogens is 1430 g/mol. The number of pyridine rings is 2. The van der Waals surface area contributed by atoms with Crippen molar-refractivity contribution in [3.63, 3.8) is 0 Å². The van der Waals surface area contributed by atoms with Gasteiger partial charge in [0, 0.05) is 119 Å². The molecular formula is C78H79F5N16O11. The molecule has 0 saturated carbocycles. The van der Waals surface area contributed by atoms with E-state index in [1.807, 2.05) is 43.4 Å². The second-order valence-electron chi connectivity index (χ2n) is 25.6. The van der Waals surface area contributed by atoms with E-state index in [0.717, 1.165) is 140 Å². The number of carbonyl (C=O) groups is 2. The lowest BCUT2D eigenvalue weighted by molar-refractivity contribution is 0.0139. The van der Waals surface area contributed by atoms with Gasteiger partial charge < -0.3 is 65.9 Å². The lowest BCUT2D eigenvalue weighted by Crippen LogP contribution is -2.27. The van der Waals surface area contributed by atoms with Gasteiger partial charge in [-0.1, -0.05) is 0 Å². The van der Waals surface area contributed by atoms with Gasteiger partial charge in [0.1, 0.15) is 76.8 Å². The third-order valence-electron chi connectivity index (χ3n) is 18.0. The molecule has 12 aromatic rings. The maximum atomic E-state index is 14.1. The van der Waals surface area contributed by atoms with E-state index in [2.05, 4.69) is 35.7 Å². The number of benzene rings is 6. The number of halogens is 5. The first-order valence-corrected chi connectivity index (χ1v) is 35.2. The highest BCUT2D eigenvalue weighted by molar-refractivity contribution is 6.04. The number of nitrogens with one attached hydrogen (secondary N) is 1. The van der Waals surface area contributed by atoms with Crippen molar-refractivity contribution < 1.29 is 74.9 Å². The van der Waals surface area contributed by atoms with Crippen molar-refractivity contribution >= 4 is 56.9 Å². The van der Waals surface area contributed by atoms with E-state index in [4.69, 9.17) is 66.0 Å². The van der Waals surface area contributed by atoms with Crippen LogP contribution in [0.15, 0.2) is 146 Å². The van der Waals surface area contributed by atoms with Crippen LogP contribution < -0.4 is 36.7 Å². The number of aromatic carboxylic acids is 1. The monoisotopic (exact) mass is 1510 g/mol. The van der Waals surface area contributed by atoms with Crippen molar-refractivity contribution in [3.05, 3.63) is 209 Å². The Morgan fingerprint density at radius 2 is 0.945 bits per heavy atom. The van der Waals surface area contributed by atoms with Gasteiger partial charge in [0.15, 0.2) is 11.3 Å². The highest BCUT2D eigenvalue weighted by atomic mass is 19.1. The minimum Gasteiger partial charge on any atom is -0.490 e. The molecule has 10 heterocycles. The number of carboxylic acid groups (broad SMARTS) is 1. The maximum absolute atomic E-state index is 14.1. The van der Waals surface area contributed by atoms with E-state index >= 15 is 0 Å². The van der Waals surface area contributed by atoms with Crippen molar-refractivity contribution in [1.29, 1.82) is 10.5 Å². The van der Waals surface area contributed by atoms with Gasteiger partial charge in [-0.25, -0.2) is 35.8 Å². The summed E-state index contributed by atoms with van der Waals surface area (Å²) in [6.07, 6.45) is 13.7.